The van der Waals surface area contributed by atoms with E-state index in [9.17, 15) is 14.9 Å². The van der Waals surface area contributed by atoms with Gasteiger partial charge >= 0.3 is 0 Å². The number of amides is 1. The molecule has 0 atom stereocenters. The molecule has 0 aliphatic rings. The van der Waals surface area contributed by atoms with Crippen LogP contribution in [0.5, 0.6) is 0 Å². The van der Waals surface area contributed by atoms with Gasteiger partial charge < -0.3 is 0 Å². The second kappa shape index (κ2) is 11.4. The monoisotopic (exact) mass is 513 g/mol. The van der Waals surface area contributed by atoms with E-state index in [4.69, 9.17) is 23.2 Å². The van der Waals surface area contributed by atoms with Gasteiger partial charge in [0.15, 0.2) is 8.68 Å². The first-order chi connectivity index (χ1) is 14.9. The second-order valence-electron chi connectivity index (χ2n) is 5.79. The van der Waals surface area contributed by atoms with Crippen molar-refractivity contribution < 1.29 is 9.72 Å². The number of aromatic nitrogens is 2. The van der Waals surface area contributed by atoms with Crippen LogP contribution < -0.4 is 5.43 Å². The van der Waals surface area contributed by atoms with E-state index in [1.807, 2.05) is 24.3 Å². The summed E-state index contributed by atoms with van der Waals surface area (Å²) in [5, 5.41) is 23.8. The maximum Gasteiger partial charge on any atom is 0.270 e. The number of non-ortho nitro benzene ring substituents is 1. The van der Waals surface area contributed by atoms with Crippen molar-refractivity contribution in [3.05, 3.63) is 73.8 Å². The molecule has 3 aromatic rings. The van der Waals surface area contributed by atoms with E-state index in [1.54, 1.807) is 11.8 Å². The predicted molar refractivity (Wildman–Crippen MR) is 125 cm³/mol. The first-order valence-corrected chi connectivity index (χ1v) is 12.0. The Balaban J connectivity index is 1.45. The fraction of sp³-hybridized carbons (Fsp3) is 0.111. The maximum absolute atomic E-state index is 12.0. The molecule has 1 N–H and O–H groups in total. The summed E-state index contributed by atoms with van der Waals surface area (Å²) in [5.41, 5.74) is 3.69. The van der Waals surface area contributed by atoms with Crippen molar-refractivity contribution in [2.24, 2.45) is 5.10 Å². The normalized spacial score (nSPS) is 11.0. The van der Waals surface area contributed by atoms with Gasteiger partial charge in [-0.1, -0.05) is 70.2 Å². The van der Waals surface area contributed by atoms with Gasteiger partial charge in [-0.3, -0.25) is 14.9 Å². The molecule has 31 heavy (non-hydrogen) atoms. The molecular formula is C18H13Cl2N5O3S3. The van der Waals surface area contributed by atoms with Crippen LogP contribution in [0.4, 0.5) is 5.69 Å². The topological polar surface area (TPSA) is 110 Å². The van der Waals surface area contributed by atoms with Crippen LogP contribution in [0.25, 0.3) is 0 Å². The van der Waals surface area contributed by atoms with Crippen molar-refractivity contribution >= 4 is 75.9 Å². The van der Waals surface area contributed by atoms with E-state index < -0.39 is 4.92 Å². The lowest BCUT2D eigenvalue weighted by molar-refractivity contribution is -0.384. The lowest BCUT2D eigenvalue weighted by Gasteiger charge is -1.99. The van der Waals surface area contributed by atoms with Crippen molar-refractivity contribution in [2.75, 3.05) is 5.75 Å². The third-order valence-electron chi connectivity index (χ3n) is 3.57. The lowest BCUT2D eigenvalue weighted by Crippen LogP contribution is -2.19. The number of halogens is 2. The van der Waals surface area contributed by atoms with Gasteiger partial charge in [-0.15, -0.1) is 10.2 Å². The minimum atomic E-state index is -0.535. The Hall–Kier alpha value is -2.18. The molecule has 0 aliphatic heterocycles. The fourth-order valence-electron chi connectivity index (χ4n) is 2.12. The third kappa shape index (κ3) is 7.47. The van der Waals surface area contributed by atoms with Crippen LogP contribution in [0.3, 0.4) is 0 Å². The number of nitrogens with zero attached hydrogens (tertiary/aromatic N) is 4. The third-order valence-corrected chi connectivity index (χ3v) is 7.43. The summed E-state index contributed by atoms with van der Waals surface area (Å²) in [5.74, 6) is 0.482. The van der Waals surface area contributed by atoms with Gasteiger partial charge in [-0.2, -0.15) is 5.10 Å². The Labute approximate surface area is 199 Å². The van der Waals surface area contributed by atoms with Crippen LogP contribution in [-0.2, 0) is 10.5 Å². The highest BCUT2D eigenvalue weighted by molar-refractivity contribution is 8.03. The number of hydrogen-bond donors (Lipinski definition) is 1. The largest absolute Gasteiger partial charge is 0.272 e. The Kier molecular flexibility index (Phi) is 8.67. The number of rotatable bonds is 9. The number of benzene rings is 2. The van der Waals surface area contributed by atoms with E-state index in [1.165, 1.54) is 47.5 Å². The molecule has 13 heteroatoms. The molecule has 0 spiro atoms. The molecule has 0 fully saturated rings. The quantitative estimate of drug-likeness (QED) is 0.179. The summed E-state index contributed by atoms with van der Waals surface area (Å²) < 4.78 is 1.47. The zero-order valence-corrected chi connectivity index (χ0v) is 19.5. The summed E-state index contributed by atoms with van der Waals surface area (Å²) in [7, 11) is 0. The van der Waals surface area contributed by atoms with Crippen molar-refractivity contribution in [3.8, 4) is 0 Å². The number of thioether (sulfide) groups is 2. The molecule has 0 saturated heterocycles. The van der Waals surface area contributed by atoms with Crippen molar-refractivity contribution in [3.63, 3.8) is 0 Å². The number of carbonyl (C=O) groups is 1. The van der Waals surface area contributed by atoms with Crippen molar-refractivity contribution in [2.45, 2.75) is 14.4 Å². The molecule has 0 radical (unpaired) electrons. The van der Waals surface area contributed by atoms with E-state index in [-0.39, 0.29) is 22.4 Å². The highest BCUT2D eigenvalue weighted by Crippen LogP contribution is 2.30. The van der Waals surface area contributed by atoms with Crippen molar-refractivity contribution in [1.82, 2.24) is 15.6 Å². The SMILES string of the molecule is O=C(CSc1nnc(SCc2ccc(Cl)cc2)s1)NN=Cc1cc([N+](=O)[O-])ccc1Cl. The molecule has 3 rings (SSSR count). The molecule has 1 amide bonds. The Morgan fingerprint density at radius 2 is 1.87 bits per heavy atom. The van der Waals surface area contributed by atoms with Crippen LogP contribution in [0.2, 0.25) is 10.0 Å². The summed E-state index contributed by atoms with van der Waals surface area (Å²) in [6.45, 7) is 0. The molecular weight excluding hydrogens is 501 g/mol. The van der Waals surface area contributed by atoms with Gasteiger partial charge in [0.25, 0.3) is 11.6 Å². The summed E-state index contributed by atoms with van der Waals surface area (Å²) in [6, 6.07) is 11.6. The molecule has 1 aromatic heterocycles. The maximum atomic E-state index is 12.0. The van der Waals surface area contributed by atoms with Crippen LogP contribution in [0.15, 0.2) is 56.2 Å². The number of nitro groups is 1. The number of hydrogen-bond acceptors (Lipinski definition) is 9. The lowest BCUT2D eigenvalue weighted by atomic mass is 10.2. The van der Waals surface area contributed by atoms with Gasteiger partial charge in [0.1, 0.15) is 0 Å². The standard InChI is InChI=1S/C18H13Cl2N5O3S3/c19-13-3-1-11(2-4-13)9-29-17-23-24-18(31-17)30-10-16(26)22-21-8-12-7-14(25(27)28)5-6-15(12)20/h1-8H,9-10H2,(H,22,26). The average Bonchev–Trinajstić information content (AvgIpc) is 3.21. The van der Waals surface area contributed by atoms with E-state index in [2.05, 4.69) is 20.7 Å². The van der Waals surface area contributed by atoms with E-state index in [0.29, 0.717) is 14.9 Å². The molecule has 8 nitrogen and oxygen atoms in total. The Bertz CT molecular complexity index is 1110. The first kappa shape index (κ1) is 23.5. The van der Waals surface area contributed by atoms with E-state index in [0.717, 1.165) is 15.7 Å². The number of nitrogens with one attached hydrogen (secondary N) is 1. The molecule has 0 aliphatic carbocycles. The molecule has 0 bridgehead atoms. The molecule has 2 aromatic carbocycles. The molecule has 1 heterocycles. The van der Waals surface area contributed by atoms with E-state index >= 15 is 0 Å². The minimum Gasteiger partial charge on any atom is -0.272 e. The number of hydrazone groups is 1. The van der Waals surface area contributed by atoms with Gasteiger partial charge in [0.2, 0.25) is 0 Å². The Morgan fingerprint density at radius 1 is 1.16 bits per heavy atom. The summed E-state index contributed by atoms with van der Waals surface area (Å²) >= 11 is 16.1. The van der Waals surface area contributed by atoms with Gasteiger partial charge in [0, 0.05) is 33.5 Å². The fourth-order valence-corrected chi connectivity index (χ4v) is 5.18. The average molecular weight is 514 g/mol. The van der Waals surface area contributed by atoms with Gasteiger partial charge in [-0.25, -0.2) is 5.43 Å². The first-order valence-electron chi connectivity index (χ1n) is 8.50. The molecule has 160 valence electrons. The van der Waals surface area contributed by atoms with Gasteiger partial charge in [0.05, 0.1) is 16.9 Å². The second-order valence-corrected chi connectivity index (χ2v) is 10.1. The highest BCUT2D eigenvalue weighted by Gasteiger charge is 2.10. The summed E-state index contributed by atoms with van der Waals surface area (Å²) in [6.07, 6.45) is 1.26. The zero-order chi connectivity index (χ0) is 22.2. The smallest absolute Gasteiger partial charge is 0.270 e. The van der Waals surface area contributed by atoms with Crippen LogP contribution >= 0.6 is 58.1 Å². The highest BCUT2D eigenvalue weighted by atomic mass is 35.5. The summed E-state index contributed by atoms with van der Waals surface area (Å²) in [4.78, 5) is 22.3. The Morgan fingerprint density at radius 3 is 2.58 bits per heavy atom. The van der Waals surface area contributed by atoms with Gasteiger partial charge in [-0.05, 0) is 23.8 Å². The molecule has 0 saturated carbocycles. The number of carbonyl (C=O) groups excluding carboxylic acids is 1. The minimum absolute atomic E-state index is 0.0937. The zero-order valence-electron chi connectivity index (χ0n) is 15.5. The number of nitro benzene ring substituents is 1. The molecule has 0 unspecified atom stereocenters. The predicted octanol–water partition coefficient (Wildman–Crippen LogP) is 5.29. The van der Waals surface area contributed by atoms with Crippen molar-refractivity contribution in [1.29, 1.82) is 0 Å². The van der Waals surface area contributed by atoms with Crippen LogP contribution in [-0.4, -0.2) is 33.0 Å². The van der Waals surface area contributed by atoms with Crippen LogP contribution in [0, 0.1) is 10.1 Å². The van der Waals surface area contributed by atoms with Crippen LogP contribution in [0.1, 0.15) is 11.1 Å².